The summed E-state index contributed by atoms with van der Waals surface area (Å²) in [4.78, 5) is 24.1. The van der Waals surface area contributed by atoms with Gasteiger partial charge in [-0.1, -0.05) is 37.9 Å². The van der Waals surface area contributed by atoms with Crippen LogP contribution in [-0.4, -0.2) is 29.3 Å². The molecule has 104 valence electrons. The van der Waals surface area contributed by atoms with Gasteiger partial charge in [-0.2, -0.15) is 0 Å². The predicted octanol–water partition coefficient (Wildman–Crippen LogP) is 3.37. The van der Waals surface area contributed by atoms with Gasteiger partial charge in [-0.3, -0.25) is 14.9 Å². The lowest BCUT2D eigenvalue weighted by Gasteiger charge is -2.20. The van der Waals surface area contributed by atoms with Crippen LogP contribution in [-0.2, 0) is 0 Å². The molecule has 0 saturated carbocycles. The number of nitrogens with zero attached hydrogens (tertiary/aromatic N) is 2. The summed E-state index contributed by atoms with van der Waals surface area (Å²) in [5.41, 5.74) is -0.298. The molecule has 1 aromatic rings. The van der Waals surface area contributed by atoms with Crippen LogP contribution < -0.4 is 0 Å². The fourth-order valence-corrected chi connectivity index (χ4v) is 2.00. The van der Waals surface area contributed by atoms with Gasteiger partial charge in [0.1, 0.15) is 10.6 Å². The first-order valence-electron chi connectivity index (χ1n) is 6.06. The van der Waals surface area contributed by atoms with Gasteiger partial charge >= 0.3 is 5.69 Å². The molecular weight excluding hydrogens is 268 g/mol. The van der Waals surface area contributed by atoms with Crippen LogP contribution in [0.2, 0.25) is 5.02 Å². The summed E-state index contributed by atoms with van der Waals surface area (Å²) in [6.45, 7) is 4.61. The van der Waals surface area contributed by atoms with E-state index in [9.17, 15) is 14.9 Å². The van der Waals surface area contributed by atoms with Crippen LogP contribution >= 0.6 is 11.6 Å². The Hall–Kier alpha value is -1.62. The first kappa shape index (κ1) is 15.4. The molecule has 1 rings (SSSR count). The molecule has 1 unspecified atom stereocenters. The van der Waals surface area contributed by atoms with E-state index in [2.05, 4.69) is 0 Å². The Morgan fingerprint density at radius 2 is 2.16 bits per heavy atom. The van der Waals surface area contributed by atoms with Crippen LogP contribution in [0.25, 0.3) is 0 Å². The first-order chi connectivity index (χ1) is 8.88. The smallest absolute Gasteiger partial charge is 0.300 e. The van der Waals surface area contributed by atoms with Crippen molar-refractivity contribution in [1.29, 1.82) is 0 Å². The SMILES string of the molecule is CCC(C)CN(C)C(=O)c1cccc(Cl)c1[N+](=O)[O-]. The summed E-state index contributed by atoms with van der Waals surface area (Å²) >= 11 is 5.79. The number of carbonyl (C=O) groups is 1. The molecule has 1 amide bonds. The number of hydrogen-bond donors (Lipinski definition) is 0. The third-order valence-electron chi connectivity index (χ3n) is 3.03. The number of nitro groups is 1. The number of para-hydroxylation sites is 1. The van der Waals surface area contributed by atoms with Gasteiger partial charge in [0.25, 0.3) is 5.91 Å². The minimum absolute atomic E-state index is 0.0206. The van der Waals surface area contributed by atoms with Gasteiger partial charge in [-0.15, -0.1) is 0 Å². The number of carbonyl (C=O) groups excluding carboxylic acids is 1. The number of halogens is 1. The number of amides is 1. The van der Waals surface area contributed by atoms with Crippen molar-refractivity contribution in [3.8, 4) is 0 Å². The molecule has 0 aliphatic rings. The largest absolute Gasteiger partial charge is 0.341 e. The van der Waals surface area contributed by atoms with Crippen LogP contribution in [0, 0.1) is 16.0 Å². The Kier molecular flexibility index (Phi) is 5.30. The van der Waals surface area contributed by atoms with Crippen molar-refractivity contribution in [3.05, 3.63) is 38.9 Å². The number of nitro benzene ring substituents is 1. The topological polar surface area (TPSA) is 63.5 Å². The average molecular weight is 285 g/mol. The average Bonchev–Trinajstić information content (AvgIpc) is 2.36. The van der Waals surface area contributed by atoms with Gasteiger partial charge in [0.05, 0.1) is 4.92 Å². The van der Waals surface area contributed by atoms with Crippen molar-refractivity contribution in [2.24, 2.45) is 5.92 Å². The second-order valence-corrected chi connectivity index (χ2v) is 5.00. The zero-order valence-electron chi connectivity index (χ0n) is 11.2. The Bertz CT molecular complexity index is 491. The molecule has 0 aliphatic heterocycles. The lowest BCUT2D eigenvalue weighted by atomic mass is 10.1. The van der Waals surface area contributed by atoms with Crippen molar-refractivity contribution >= 4 is 23.2 Å². The fraction of sp³-hybridized carbons (Fsp3) is 0.462. The van der Waals surface area contributed by atoms with Crippen molar-refractivity contribution in [1.82, 2.24) is 4.90 Å². The highest BCUT2D eigenvalue weighted by Crippen LogP contribution is 2.29. The Morgan fingerprint density at radius 3 is 2.68 bits per heavy atom. The predicted molar refractivity (Wildman–Crippen MR) is 74.5 cm³/mol. The molecular formula is C13H17ClN2O3. The molecule has 0 fully saturated rings. The summed E-state index contributed by atoms with van der Waals surface area (Å²) in [7, 11) is 1.64. The normalized spacial score (nSPS) is 12.0. The van der Waals surface area contributed by atoms with E-state index >= 15 is 0 Å². The summed E-state index contributed by atoms with van der Waals surface area (Å²) in [6, 6.07) is 4.38. The van der Waals surface area contributed by atoms with Crippen LogP contribution in [0.15, 0.2) is 18.2 Å². The molecule has 0 saturated heterocycles. The van der Waals surface area contributed by atoms with Crippen LogP contribution in [0.3, 0.4) is 0 Å². The van der Waals surface area contributed by atoms with Crippen molar-refractivity contribution in [2.75, 3.05) is 13.6 Å². The molecule has 0 aliphatic carbocycles. The minimum Gasteiger partial charge on any atom is -0.341 e. The second-order valence-electron chi connectivity index (χ2n) is 4.59. The van der Waals surface area contributed by atoms with E-state index in [1.165, 1.54) is 17.0 Å². The molecule has 0 heterocycles. The Morgan fingerprint density at radius 1 is 1.53 bits per heavy atom. The fourth-order valence-electron chi connectivity index (χ4n) is 1.76. The number of hydrogen-bond acceptors (Lipinski definition) is 3. The Balaban J connectivity index is 3.06. The molecule has 1 aromatic carbocycles. The molecule has 0 bridgehead atoms. The van der Waals surface area contributed by atoms with Gasteiger partial charge in [-0.25, -0.2) is 0 Å². The summed E-state index contributed by atoms with van der Waals surface area (Å²) in [6.07, 6.45) is 0.940. The monoisotopic (exact) mass is 284 g/mol. The van der Waals surface area contributed by atoms with Crippen molar-refractivity contribution in [2.45, 2.75) is 20.3 Å². The Labute approximate surface area is 117 Å². The highest BCUT2D eigenvalue weighted by molar-refractivity contribution is 6.33. The maximum atomic E-state index is 12.2. The minimum atomic E-state index is -0.618. The molecule has 0 aromatic heterocycles. The molecule has 0 N–H and O–H groups in total. The van der Waals surface area contributed by atoms with E-state index in [1.807, 2.05) is 13.8 Å². The maximum absolute atomic E-state index is 12.2. The molecule has 19 heavy (non-hydrogen) atoms. The zero-order valence-corrected chi connectivity index (χ0v) is 12.0. The van der Waals surface area contributed by atoms with E-state index in [1.54, 1.807) is 13.1 Å². The quantitative estimate of drug-likeness (QED) is 0.615. The standard InChI is InChI=1S/C13H17ClN2O3/c1-4-9(2)8-15(3)13(17)10-6-5-7-11(14)12(10)16(18)19/h5-7,9H,4,8H2,1-3H3. The highest BCUT2D eigenvalue weighted by atomic mass is 35.5. The van der Waals surface area contributed by atoms with Gasteiger partial charge in [-0.05, 0) is 18.1 Å². The van der Waals surface area contributed by atoms with Gasteiger partial charge < -0.3 is 4.90 Å². The van der Waals surface area contributed by atoms with E-state index in [-0.39, 0.29) is 22.2 Å². The third kappa shape index (κ3) is 3.67. The summed E-state index contributed by atoms with van der Waals surface area (Å²) < 4.78 is 0. The third-order valence-corrected chi connectivity index (χ3v) is 3.33. The molecule has 5 nitrogen and oxygen atoms in total. The van der Waals surface area contributed by atoms with Gasteiger partial charge in [0, 0.05) is 13.6 Å². The lowest BCUT2D eigenvalue weighted by Crippen LogP contribution is -2.31. The van der Waals surface area contributed by atoms with Crippen molar-refractivity contribution < 1.29 is 9.72 Å². The molecule has 6 heteroatoms. The van der Waals surface area contributed by atoms with E-state index in [4.69, 9.17) is 11.6 Å². The first-order valence-corrected chi connectivity index (χ1v) is 6.44. The molecule has 1 atom stereocenters. The van der Waals surface area contributed by atoms with Crippen molar-refractivity contribution in [3.63, 3.8) is 0 Å². The van der Waals surface area contributed by atoms with Crippen LogP contribution in [0.4, 0.5) is 5.69 Å². The van der Waals surface area contributed by atoms with E-state index < -0.39 is 4.92 Å². The van der Waals surface area contributed by atoms with Crippen LogP contribution in [0.5, 0.6) is 0 Å². The highest BCUT2D eigenvalue weighted by Gasteiger charge is 2.26. The van der Waals surface area contributed by atoms with E-state index in [0.717, 1.165) is 6.42 Å². The van der Waals surface area contributed by atoms with E-state index in [0.29, 0.717) is 12.5 Å². The lowest BCUT2D eigenvalue weighted by molar-refractivity contribution is -0.385. The molecule has 0 radical (unpaired) electrons. The summed E-state index contributed by atoms with van der Waals surface area (Å²) in [5.74, 6) is -0.0401. The number of rotatable bonds is 5. The summed E-state index contributed by atoms with van der Waals surface area (Å²) in [5, 5.41) is 11.0. The van der Waals surface area contributed by atoms with Crippen LogP contribution in [0.1, 0.15) is 30.6 Å². The zero-order chi connectivity index (χ0) is 14.6. The molecule has 0 spiro atoms. The maximum Gasteiger partial charge on any atom is 0.300 e. The van der Waals surface area contributed by atoms with Gasteiger partial charge in [0.15, 0.2) is 0 Å². The second kappa shape index (κ2) is 6.52. The van der Waals surface area contributed by atoms with Gasteiger partial charge in [0.2, 0.25) is 0 Å². The number of benzene rings is 1.